The molecule has 0 spiro atoms. The van der Waals surface area contributed by atoms with E-state index in [0.717, 1.165) is 16.8 Å². The SMILES string of the molecule is O=C1C(Cc2ccccc2)N=C2c3cnn(-c4ccccc4)c3N=CN12. The molecule has 1 unspecified atom stereocenters. The molecule has 1 amide bonds. The first-order valence-corrected chi connectivity index (χ1v) is 8.44. The maximum absolute atomic E-state index is 12.7. The topological polar surface area (TPSA) is 62.9 Å². The highest BCUT2D eigenvalue weighted by Crippen LogP contribution is 2.31. The molecule has 0 N–H and O–H groups in total. The number of hydrogen-bond donors (Lipinski definition) is 0. The van der Waals surface area contributed by atoms with Crippen molar-refractivity contribution in [3.8, 4) is 5.69 Å². The number of carbonyl (C=O) groups is 1. The fourth-order valence-electron chi connectivity index (χ4n) is 3.31. The monoisotopic (exact) mass is 341 g/mol. The van der Waals surface area contributed by atoms with Gasteiger partial charge in [-0.2, -0.15) is 5.10 Å². The first kappa shape index (κ1) is 14.8. The highest BCUT2D eigenvalue weighted by molar-refractivity contribution is 6.23. The van der Waals surface area contributed by atoms with E-state index in [1.165, 1.54) is 4.90 Å². The lowest BCUT2D eigenvalue weighted by atomic mass is 10.1. The molecule has 6 heteroatoms. The number of nitrogens with zero attached hydrogens (tertiary/aromatic N) is 5. The van der Waals surface area contributed by atoms with Crippen LogP contribution in [0.1, 0.15) is 11.1 Å². The Hall–Kier alpha value is -3.54. The Morgan fingerprint density at radius 1 is 0.962 bits per heavy atom. The van der Waals surface area contributed by atoms with E-state index < -0.39 is 6.04 Å². The molecule has 1 aromatic heterocycles. The van der Waals surface area contributed by atoms with E-state index in [1.54, 1.807) is 17.2 Å². The van der Waals surface area contributed by atoms with Crippen molar-refractivity contribution in [3.63, 3.8) is 0 Å². The molecule has 26 heavy (non-hydrogen) atoms. The number of para-hydroxylation sites is 1. The van der Waals surface area contributed by atoms with Crippen LogP contribution >= 0.6 is 0 Å². The third-order valence-electron chi connectivity index (χ3n) is 4.58. The van der Waals surface area contributed by atoms with Crippen LogP contribution in [0.25, 0.3) is 5.69 Å². The third kappa shape index (κ3) is 2.27. The van der Waals surface area contributed by atoms with E-state index in [-0.39, 0.29) is 5.91 Å². The maximum Gasteiger partial charge on any atom is 0.258 e. The lowest BCUT2D eigenvalue weighted by Crippen LogP contribution is -2.36. The Bertz CT molecular complexity index is 1040. The molecular formula is C20H15N5O. The Labute approximate surface area is 150 Å². The molecule has 0 bridgehead atoms. The van der Waals surface area contributed by atoms with Gasteiger partial charge in [0.15, 0.2) is 5.82 Å². The minimum atomic E-state index is -0.426. The van der Waals surface area contributed by atoms with Crippen molar-refractivity contribution in [1.82, 2.24) is 14.7 Å². The van der Waals surface area contributed by atoms with E-state index >= 15 is 0 Å². The van der Waals surface area contributed by atoms with E-state index in [9.17, 15) is 4.79 Å². The number of amides is 1. The van der Waals surface area contributed by atoms with Crippen LogP contribution in [0.15, 0.2) is 76.8 Å². The molecule has 3 aromatic rings. The zero-order chi connectivity index (χ0) is 17.5. The van der Waals surface area contributed by atoms with Crippen LogP contribution < -0.4 is 0 Å². The average molecular weight is 341 g/mol. The predicted octanol–water partition coefficient (Wildman–Crippen LogP) is 2.75. The van der Waals surface area contributed by atoms with Gasteiger partial charge in [-0.25, -0.2) is 9.67 Å². The van der Waals surface area contributed by atoms with Crippen LogP contribution in [0, 0.1) is 0 Å². The molecule has 2 aliphatic heterocycles. The van der Waals surface area contributed by atoms with Crippen LogP contribution in [-0.2, 0) is 11.2 Å². The molecule has 1 atom stereocenters. The summed E-state index contributed by atoms with van der Waals surface area (Å²) in [5.41, 5.74) is 2.79. The quantitative estimate of drug-likeness (QED) is 0.735. The minimum absolute atomic E-state index is 0.0503. The van der Waals surface area contributed by atoms with Crippen molar-refractivity contribution in [3.05, 3.63) is 78.0 Å². The molecule has 0 saturated carbocycles. The summed E-state index contributed by atoms with van der Waals surface area (Å²) in [5.74, 6) is 1.27. The Kier molecular flexibility index (Phi) is 3.28. The standard InChI is InChI=1S/C20H15N5O/c26-20-17(11-14-7-3-1-4-8-14)23-19-16-12-22-25(15-9-5-2-6-10-15)18(16)21-13-24(19)20/h1-10,12-13,17H,11H2. The van der Waals surface area contributed by atoms with Crippen LogP contribution in [0.4, 0.5) is 5.82 Å². The lowest BCUT2D eigenvalue weighted by molar-refractivity contribution is -0.124. The Morgan fingerprint density at radius 2 is 1.69 bits per heavy atom. The largest absolute Gasteiger partial charge is 0.272 e. The van der Waals surface area contributed by atoms with Gasteiger partial charge < -0.3 is 0 Å². The molecule has 2 aliphatic rings. The van der Waals surface area contributed by atoms with Gasteiger partial charge in [-0.05, 0) is 17.7 Å². The zero-order valence-electron chi connectivity index (χ0n) is 13.9. The minimum Gasteiger partial charge on any atom is -0.272 e. The summed E-state index contributed by atoms with van der Waals surface area (Å²) < 4.78 is 1.76. The fraction of sp³-hybridized carbons (Fsp3) is 0.100. The smallest absolute Gasteiger partial charge is 0.258 e. The van der Waals surface area contributed by atoms with Crippen molar-refractivity contribution in [2.75, 3.05) is 0 Å². The number of hydrogen-bond acceptors (Lipinski definition) is 4. The van der Waals surface area contributed by atoms with Gasteiger partial charge in [-0.15, -0.1) is 0 Å². The van der Waals surface area contributed by atoms with Gasteiger partial charge in [0, 0.05) is 6.42 Å². The molecule has 126 valence electrons. The van der Waals surface area contributed by atoms with Crippen molar-refractivity contribution in [1.29, 1.82) is 0 Å². The number of rotatable bonds is 3. The number of aromatic nitrogens is 2. The first-order valence-electron chi connectivity index (χ1n) is 8.44. The van der Waals surface area contributed by atoms with Crippen molar-refractivity contribution in [2.24, 2.45) is 9.98 Å². The number of amidine groups is 1. The molecule has 5 rings (SSSR count). The fourth-order valence-corrected chi connectivity index (χ4v) is 3.31. The van der Waals surface area contributed by atoms with Gasteiger partial charge in [-0.3, -0.25) is 14.7 Å². The second kappa shape index (κ2) is 5.77. The van der Waals surface area contributed by atoms with Crippen LogP contribution in [0.2, 0.25) is 0 Å². The highest BCUT2D eigenvalue weighted by atomic mass is 16.2. The van der Waals surface area contributed by atoms with Gasteiger partial charge in [0.2, 0.25) is 0 Å². The number of benzene rings is 2. The van der Waals surface area contributed by atoms with E-state index in [0.29, 0.717) is 18.1 Å². The predicted molar refractivity (Wildman–Crippen MR) is 99.0 cm³/mol. The summed E-state index contributed by atoms with van der Waals surface area (Å²) in [5, 5.41) is 4.45. The van der Waals surface area contributed by atoms with Gasteiger partial charge in [-0.1, -0.05) is 48.5 Å². The summed E-state index contributed by atoms with van der Waals surface area (Å²) >= 11 is 0. The normalized spacial score (nSPS) is 17.8. The number of carbonyl (C=O) groups excluding carboxylic acids is 1. The first-order chi connectivity index (χ1) is 12.8. The van der Waals surface area contributed by atoms with Gasteiger partial charge in [0.05, 0.1) is 17.4 Å². The molecule has 3 heterocycles. The second-order valence-electron chi connectivity index (χ2n) is 6.24. The summed E-state index contributed by atoms with van der Waals surface area (Å²) in [6, 6.07) is 19.3. The highest BCUT2D eigenvalue weighted by Gasteiger charge is 2.38. The summed E-state index contributed by atoms with van der Waals surface area (Å²) in [4.78, 5) is 23.4. The van der Waals surface area contributed by atoms with Crippen molar-refractivity contribution >= 4 is 23.9 Å². The summed E-state index contributed by atoms with van der Waals surface area (Å²) in [7, 11) is 0. The van der Waals surface area contributed by atoms with Crippen molar-refractivity contribution in [2.45, 2.75) is 12.5 Å². The summed E-state index contributed by atoms with van der Waals surface area (Å²) in [6.07, 6.45) is 3.86. The molecule has 6 nitrogen and oxygen atoms in total. The average Bonchev–Trinajstić information content (AvgIpc) is 3.25. The third-order valence-corrected chi connectivity index (χ3v) is 4.58. The van der Waals surface area contributed by atoms with Crippen LogP contribution in [-0.4, -0.2) is 38.8 Å². The van der Waals surface area contributed by atoms with Gasteiger partial charge in [0.25, 0.3) is 5.91 Å². The lowest BCUT2D eigenvalue weighted by Gasteiger charge is -2.17. The molecule has 0 aliphatic carbocycles. The molecular weight excluding hydrogens is 326 g/mol. The Balaban J connectivity index is 1.52. The molecule has 0 saturated heterocycles. The van der Waals surface area contributed by atoms with Crippen molar-refractivity contribution < 1.29 is 4.79 Å². The molecule has 0 fully saturated rings. The maximum atomic E-state index is 12.7. The molecule has 2 aromatic carbocycles. The second-order valence-corrected chi connectivity index (χ2v) is 6.24. The Morgan fingerprint density at radius 3 is 2.46 bits per heavy atom. The number of aliphatic imine (C=N–C) groups is 2. The van der Waals surface area contributed by atoms with Gasteiger partial charge in [0.1, 0.15) is 18.2 Å². The zero-order valence-corrected chi connectivity index (χ0v) is 13.9. The van der Waals surface area contributed by atoms with Crippen LogP contribution in [0.5, 0.6) is 0 Å². The summed E-state index contributed by atoms with van der Waals surface area (Å²) in [6.45, 7) is 0. The number of fused-ring (bicyclic) bond motifs is 3. The van der Waals surface area contributed by atoms with Gasteiger partial charge >= 0.3 is 0 Å². The van der Waals surface area contributed by atoms with E-state index in [2.05, 4.69) is 15.1 Å². The van der Waals surface area contributed by atoms with E-state index in [4.69, 9.17) is 0 Å². The molecule has 0 radical (unpaired) electrons. The van der Waals surface area contributed by atoms with E-state index in [1.807, 2.05) is 60.7 Å². The van der Waals surface area contributed by atoms with Crippen LogP contribution in [0.3, 0.4) is 0 Å².